The molecule has 0 aliphatic heterocycles. The van der Waals surface area contributed by atoms with Crippen molar-refractivity contribution in [3.8, 4) is 0 Å². The van der Waals surface area contributed by atoms with Crippen LogP contribution in [0.3, 0.4) is 0 Å². The maximum absolute atomic E-state index is 12.0. The van der Waals surface area contributed by atoms with Crippen LogP contribution in [0.4, 0.5) is 5.69 Å². The van der Waals surface area contributed by atoms with Crippen molar-refractivity contribution in [1.29, 1.82) is 0 Å². The topological polar surface area (TPSA) is 105 Å². The molecule has 1 amide bonds. The van der Waals surface area contributed by atoms with E-state index in [1.807, 2.05) is 19.1 Å². The summed E-state index contributed by atoms with van der Waals surface area (Å²) < 4.78 is 0. The van der Waals surface area contributed by atoms with E-state index in [1.54, 1.807) is 18.3 Å². The van der Waals surface area contributed by atoms with Gasteiger partial charge in [0.2, 0.25) is 5.91 Å². The Hall–Kier alpha value is -2.47. The summed E-state index contributed by atoms with van der Waals surface area (Å²) in [5, 5.41) is 12.2. The first kappa shape index (κ1) is 14.9. The molecule has 6 nitrogen and oxygen atoms in total. The van der Waals surface area contributed by atoms with Gasteiger partial charge in [0.15, 0.2) is 0 Å². The number of aromatic nitrogens is 1. The van der Waals surface area contributed by atoms with E-state index in [2.05, 4.69) is 10.3 Å². The highest BCUT2D eigenvalue weighted by Gasteiger charge is 2.16. The number of anilines is 1. The lowest BCUT2D eigenvalue weighted by molar-refractivity contribution is -0.137. The van der Waals surface area contributed by atoms with Gasteiger partial charge in [0.05, 0.1) is 17.2 Å². The van der Waals surface area contributed by atoms with Crippen molar-refractivity contribution < 1.29 is 14.7 Å². The predicted molar refractivity (Wildman–Crippen MR) is 80.0 cm³/mol. The number of carboxylic acid groups (broad SMARTS) is 1. The van der Waals surface area contributed by atoms with Gasteiger partial charge in [0.25, 0.3) is 0 Å². The number of nitrogens with two attached hydrogens (primary N) is 1. The molecular weight excluding hydrogens is 270 g/mol. The summed E-state index contributed by atoms with van der Waals surface area (Å²) in [6.07, 6.45) is 1.66. The number of pyridine rings is 1. The van der Waals surface area contributed by atoms with Gasteiger partial charge in [-0.2, -0.15) is 0 Å². The zero-order chi connectivity index (χ0) is 15.4. The van der Waals surface area contributed by atoms with Crippen molar-refractivity contribution in [1.82, 2.24) is 4.98 Å². The van der Waals surface area contributed by atoms with Gasteiger partial charge in [0.1, 0.15) is 0 Å². The highest BCUT2D eigenvalue weighted by molar-refractivity contribution is 6.03. The average Bonchev–Trinajstić information content (AvgIpc) is 2.47. The Bertz CT molecular complexity index is 685. The van der Waals surface area contributed by atoms with E-state index < -0.39 is 17.9 Å². The summed E-state index contributed by atoms with van der Waals surface area (Å²) in [6, 6.07) is 6.47. The number of hydrogen-bond acceptors (Lipinski definition) is 4. The van der Waals surface area contributed by atoms with Crippen LogP contribution in [-0.4, -0.2) is 28.0 Å². The van der Waals surface area contributed by atoms with Gasteiger partial charge in [-0.3, -0.25) is 14.6 Å². The molecule has 1 aromatic heterocycles. The number of carbonyl (C=O) groups is 2. The average molecular weight is 287 g/mol. The Morgan fingerprint density at radius 2 is 2.14 bits per heavy atom. The number of aryl methyl sites for hydroxylation is 1. The van der Waals surface area contributed by atoms with Crippen LogP contribution in [-0.2, 0) is 9.59 Å². The number of hydrogen-bond donors (Lipinski definition) is 3. The zero-order valence-electron chi connectivity index (χ0n) is 11.7. The normalized spacial score (nSPS) is 12.1. The minimum atomic E-state index is -0.969. The van der Waals surface area contributed by atoms with Crippen molar-refractivity contribution in [3.63, 3.8) is 0 Å². The molecule has 0 bridgehead atoms. The van der Waals surface area contributed by atoms with E-state index in [9.17, 15) is 9.59 Å². The number of nitrogens with zero attached hydrogens (tertiary/aromatic N) is 1. The third kappa shape index (κ3) is 3.55. The van der Waals surface area contributed by atoms with Crippen LogP contribution in [0.15, 0.2) is 30.5 Å². The molecule has 1 unspecified atom stereocenters. The lowest BCUT2D eigenvalue weighted by Crippen LogP contribution is -2.36. The summed E-state index contributed by atoms with van der Waals surface area (Å²) in [5.74, 6) is -1.37. The fourth-order valence-corrected chi connectivity index (χ4v) is 2.06. The Balaban J connectivity index is 2.18. The number of benzene rings is 1. The van der Waals surface area contributed by atoms with Crippen LogP contribution in [0.2, 0.25) is 0 Å². The Morgan fingerprint density at radius 3 is 2.86 bits per heavy atom. The van der Waals surface area contributed by atoms with Gasteiger partial charge in [-0.05, 0) is 37.1 Å². The summed E-state index contributed by atoms with van der Waals surface area (Å²) in [4.78, 5) is 26.8. The summed E-state index contributed by atoms with van der Waals surface area (Å²) in [7, 11) is 0. The molecule has 1 aromatic carbocycles. The maximum Gasteiger partial charge on any atom is 0.303 e. The van der Waals surface area contributed by atoms with E-state index >= 15 is 0 Å². The van der Waals surface area contributed by atoms with E-state index in [0.717, 1.165) is 16.5 Å². The van der Waals surface area contributed by atoms with Crippen LogP contribution in [0.1, 0.15) is 18.4 Å². The minimum absolute atomic E-state index is 0.100. The molecule has 1 atom stereocenters. The van der Waals surface area contributed by atoms with Gasteiger partial charge in [-0.1, -0.05) is 6.07 Å². The fourth-order valence-electron chi connectivity index (χ4n) is 2.06. The zero-order valence-corrected chi connectivity index (χ0v) is 11.7. The van der Waals surface area contributed by atoms with E-state index in [4.69, 9.17) is 10.8 Å². The standard InChI is InChI=1S/C15H17N3O3/c1-9-4-6-12(10-3-2-8-17-14(9)10)18-15(21)11(16)5-7-13(19)20/h2-4,6,8,11H,5,7,16H2,1H3,(H,18,21)(H,19,20). The highest BCUT2D eigenvalue weighted by atomic mass is 16.4. The molecule has 6 heteroatoms. The predicted octanol–water partition coefficient (Wildman–Crippen LogP) is 1.67. The molecule has 0 radical (unpaired) electrons. The SMILES string of the molecule is Cc1ccc(NC(=O)C(N)CCC(=O)O)c2cccnc12. The molecule has 21 heavy (non-hydrogen) atoms. The van der Waals surface area contributed by atoms with Gasteiger partial charge >= 0.3 is 5.97 Å². The molecule has 0 saturated carbocycles. The molecule has 4 N–H and O–H groups in total. The molecule has 1 heterocycles. The second-order valence-corrected chi connectivity index (χ2v) is 4.86. The van der Waals surface area contributed by atoms with Crippen molar-refractivity contribution >= 4 is 28.5 Å². The third-order valence-corrected chi connectivity index (χ3v) is 3.24. The molecule has 0 fully saturated rings. The summed E-state index contributed by atoms with van der Waals surface area (Å²) in [5.41, 5.74) is 8.15. The van der Waals surface area contributed by atoms with Gasteiger partial charge in [-0.25, -0.2) is 0 Å². The number of fused-ring (bicyclic) bond motifs is 1. The molecule has 2 aromatic rings. The number of nitrogens with one attached hydrogen (secondary N) is 1. The largest absolute Gasteiger partial charge is 0.481 e. The number of carbonyl (C=O) groups excluding carboxylic acids is 1. The van der Waals surface area contributed by atoms with Crippen LogP contribution in [0.5, 0.6) is 0 Å². The van der Waals surface area contributed by atoms with Crippen LogP contribution < -0.4 is 11.1 Å². The van der Waals surface area contributed by atoms with Crippen molar-refractivity contribution in [2.75, 3.05) is 5.32 Å². The Labute approximate surface area is 122 Å². The van der Waals surface area contributed by atoms with Gasteiger partial charge in [0, 0.05) is 18.0 Å². The summed E-state index contributed by atoms with van der Waals surface area (Å²) >= 11 is 0. The van der Waals surface area contributed by atoms with E-state index in [0.29, 0.717) is 5.69 Å². The minimum Gasteiger partial charge on any atom is -0.481 e. The second-order valence-electron chi connectivity index (χ2n) is 4.86. The number of aliphatic carboxylic acids is 1. The van der Waals surface area contributed by atoms with Crippen LogP contribution in [0, 0.1) is 6.92 Å². The lowest BCUT2D eigenvalue weighted by Gasteiger charge is -2.13. The first-order valence-electron chi connectivity index (χ1n) is 6.61. The lowest BCUT2D eigenvalue weighted by atomic mass is 10.1. The van der Waals surface area contributed by atoms with Gasteiger partial charge < -0.3 is 16.2 Å². The number of amides is 1. The van der Waals surface area contributed by atoms with Crippen molar-refractivity contribution in [3.05, 3.63) is 36.0 Å². The molecule has 0 aliphatic carbocycles. The quantitative estimate of drug-likeness (QED) is 0.775. The molecule has 0 saturated heterocycles. The van der Waals surface area contributed by atoms with Gasteiger partial charge in [-0.15, -0.1) is 0 Å². The fraction of sp³-hybridized carbons (Fsp3) is 0.267. The monoisotopic (exact) mass is 287 g/mol. The molecular formula is C15H17N3O3. The second kappa shape index (κ2) is 6.32. The first-order valence-corrected chi connectivity index (χ1v) is 6.61. The van der Waals surface area contributed by atoms with Crippen molar-refractivity contribution in [2.45, 2.75) is 25.8 Å². The summed E-state index contributed by atoms with van der Waals surface area (Å²) in [6.45, 7) is 1.94. The molecule has 2 rings (SSSR count). The maximum atomic E-state index is 12.0. The molecule has 110 valence electrons. The van der Waals surface area contributed by atoms with E-state index in [-0.39, 0.29) is 12.8 Å². The highest BCUT2D eigenvalue weighted by Crippen LogP contribution is 2.24. The number of rotatable bonds is 5. The van der Waals surface area contributed by atoms with Crippen LogP contribution >= 0.6 is 0 Å². The van der Waals surface area contributed by atoms with E-state index in [1.165, 1.54) is 0 Å². The smallest absolute Gasteiger partial charge is 0.303 e. The van der Waals surface area contributed by atoms with Crippen LogP contribution in [0.25, 0.3) is 10.9 Å². The Kier molecular flexibility index (Phi) is 4.49. The Morgan fingerprint density at radius 1 is 1.38 bits per heavy atom. The molecule has 0 spiro atoms. The molecule has 0 aliphatic rings. The first-order chi connectivity index (χ1) is 9.99. The third-order valence-electron chi connectivity index (χ3n) is 3.24. The van der Waals surface area contributed by atoms with Crippen molar-refractivity contribution in [2.24, 2.45) is 5.73 Å². The number of carboxylic acids is 1.